The molecule has 0 bridgehead atoms. The summed E-state index contributed by atoms with van der Waals surface area (Å²) in [5, 5.41) is 3.95. The number of carbonyl (C=O) groups is 2. The Hall–Kier alpha value is -3.30. The molecule has 1 aromatic carbocycles. The van der Waals surface area contributed by atoms with Crippen LogP contribution in [0.1, 0.15) is 30.3 Å². The molecule has 1 atom stereocenters. The number of esters is 1. The summed E-state index contributed by atoms with van der Waals surface area (Å²) in [6.07, 6.45) is 1.16. The van der Waals surface area contributed by atoms with E-state index in [1.807, 2.05) is 0 Å². The van der Waals surface area contributed by atoms with Crippen molar-refractivity contribution in [2.45, 2.75) is 19.8 Å². The summed E-state index contributed by atoms with van der Waals surface area (Å²) in [5.74, 6) is -2.03. The number of likely N-dealkylation sites (tertiary alicyclic amines) is 1. The molecule has 1 aliphatic heterocycles. The Balaban J connectivity index is 1.96. The van der Waals surface area contributed by atoms with E-state index in [1.165, 1.54) is 24.1 Å². The first kappa shape index (κ1) is 20.4. The molecule has 154 valence electrons. The normalized spacial score (nSPS) is 16.5. The minimum atomic E-state index is -0.836. The number of rotatable bonds is 4. The van der Waals surface area contributed by atoms with Gasteiger partial charge in [0.1, 0.15) is 5.82 Å². The Bertz CT molecular complexity index is 1040. The van der Waals surface area contributed by atoms with E-state index >= 15 is 0 Å². The van der Waals surface area contributed by atoms with Crippen LogP contribution in [0.2, 0.25) is 0 Å². The minimum absolute atomic E-state index is 0.109. The van der Waals surface area contributed by atoms with E-state index in [-0.39, 0.29) is 24.8 Å². The highest BCUT2D eigenvalue weighted by Crippen LogP contribution is 2.19. The molecule has 9 nitrogen and oxygen atoms in total. The fourth-order valence-corrected chi connectivity index (χ4v) is 3.22. The average molecular weight is 404 g/mol. The van der Waals surface area contributed by atoms with Crippen LogP contribution < -0.4 is 11.2 Å². The summed E-state index contributed by atoms with van der Waals surface area (Å²) in [6, 6.07) is 4.93. The number of ether oxygens (including phenoxy) is 1. The SMILES string of the molecule is CCOC(=O)C1CCCN(C(=O)c2nn(-c3ccc(F)cc3)c(=O)n(C)c2=O)C1. The molecule has 0 radical (unpaired) electrons. The van der Waals surface area contributed by atoms with E-state index in [0.717, 1.165) is 21.4 Å². The second kappa shape index (κ2) is 8.38. The predicted molar refractivity (Wildman–Crippen MR) is 100 cm³/mol. The molecule has 1 aliphatic rings. The Kier molecular flexibility index (Phi) is 5.90. The van der Waals surface area contributed by atoms with E-state index in [9.17, 15) is 23.6 Å². The van der Waals surface area contributed by atoms with Gasteiger partial charge in [-0.25, -0.2) is 9.18 Å². The van der Waals surface area contributed by atoms with Crippen LogP contribution in [0.5, 0.6) is 0 Å². The lowest BCUT2D eigenvalue weighted by Crippen LogP contribution is -2.48. The summed E-state index contributed by atoms with van der Waals surface area (Å²) in [6.45, 7) is 2.41. The van der Waals surface area contributed by atoms with Gasteiger partial charge in [-0.1, -0.05) is 0 Å². The van der Waals surface area contributed by atoms with Gasteiger partial charge in [0.15, 0.2) is 0 Å². The summed E-state index contributed by atoms with van der Waals surface area (Å²) in [7, 11) is 1.24. The van der Waals surface area contributed by atoms with Crippen LogP contribution >= 0.6 is 0 Å². The second-order valence-corrected chi connectivity index (χ2v) is 6.73. The van der Waals surface area contributed by atoms with Crippen molar-refractivity contribution >= 4 is 11.9 Å². The topological polar surface area (TPSA) is 104 Å². The third-order valence-electron chi connectivity index (χ3n) is 4.78. The van der Waals surface area contributed by atoms with Crippen molar-refractivity contribution in [3.63, 3.8) is 0 Å². The molecule has 1 aromatic heterocycles. The lowest BCUT2D eigenvalue weighted by molar-refractivity contribution is -0.149. The highest BCUT2D eigenvalue weighted by molar-refractivity contribution is 5.92. The van der Waals surface area contributed by atoms with Gasteiger partial charge in [0, 0.05) is 20.1 Å². The van der Waals surface area contributed by atoms with Gasteiger partial charge in [-0.2, -0.15) is 9.78 Å². The third kappa shape index (κ3) is 4.10. The number of hydrogen-bond acceptors (Lipinski definition) is 6. The summed E-state index contributed by atoms with van der Waals surface area (Å²) in [5.41, 5.74) is -1.83. The van der Waals surface area contributed by atoms with Crippen LogP contribution in [0, 0.1) is 11.7 Å². The standard InChI is InChI=1S/C19H21FN4O5/c1-3-29-18(27)12-5-4-10-23(11-12)17(26)15-16(25)22(2)19(28)24(21-15)14-8-6-13(20)7-9-14/h6-9,12H,3-5,10-11H2,1-2H3. The molecule has 0 spiro atoms. The van der Waals surface area contributed by atoms with Gasteiger partial charge in [-0.05, 0) is 44.0 Å². The van der Waals surface area contributed by atoms with E-state index in [4.69, 9.17) is 4.74 Å². The van der Waals surface area contributed by atoms with Crippen molar-refractivity contribution in [3.05, 3.63) is 56.6 Å². The Morgan fingerprint density at radius 3 is 2.59 bits per heavy atom. The van der Waals surface area contributed by atoms with Gasteiger partial charge in [0.25, 0.3) is 11.5 Å². The molecule has 0 aliphatic carbocycles. The van der Waals surface area contributed by atoms with Crippen molar-refractivity contribution in [2.24, 2.45) is 13.0 Å². The van der Waals surface area contributed by atoms with Crippen LogP contribution in [0.4, 0.5) is 4.39 Å². The minimum Gasteiger partial charge on any atom is -0.466 e. The lowest BCUT2D eigenvalue weighted by atomic mass is 9.98. The fraction of sp³-hybridized carbons (Fsp3) is 0.421. The van der Waals surface area contributed by atoms with Crippen LogP contribution in [-0.4, -0.2) is 50.8 Å². The molecular formula is C19H21FN4O5. The summed E-state index contributed by atoms with van der Waals surface area (Å²) >= 11 is 0. The molecule has 29 heavy (non-hydrogen) atoms. The molecule has 3 rings (SSSR count). The number of amides is 1. The molecule has 1 saturated heterocycles. The van der Waals surface area contributed by atoms with Crippen molar-refractivity contribution in [1.29, 1.82) is 0 Å². The quantitative estimate of drug-likeness (QED) is 0.687. The molecule has 0 saturated carbocycles. The van der Waals surface area contributed by atoms with Crippen molar-refractivity contribution < 1.29 is 18.7 Å². The molecule has 0 N–H and O–H groups in total. The second-order valence-electron chi connectivity index (χ2n) is 6.73. The van der Waals surface area contributed by atoms with Crippen molar-refractivity contribution in [3.8, 4) is 5.69 Å². The number of nitrogens with zero attached hydrogens (tertiary/aromatic N) is 4. The Morgan fingerprint density at radius 2 is 1.93 bits per heavy atom. The third-order valence-corrected chi connectivity index (χ3v) is 4.78. The summed E-state index contributed by atoms with van der Waals surface area (Å²) < 4.78 is 19.9. The van der Waals surface area contributed by atoms with Gasteiger partial charge in [0.2, 0.25) is 5.69 Å². The van der Waals surface area contributed by atoms with E-state index in [1.54, 1.807) is 6.92 Å². The zero-order valence-electron chi connectivity index (χ0n) is 16.1. The maximum absolute atomic E-state index is 13.2. The number of halogens is 1. The van der Waals surface area contributed by atoms with Gasteiger partial charge >= 0.3 is 11.7 Å². The van der Waals surface area contributed by atoms with Crippen LogP contribution in [0.25, 0.3) is 5.69 Å². The molecular weight excluding hydrogens is 383 g/mol. The highest BCUT2D eigenvalue weighted by atomic mass is 19.1. The van der Waals surface area contributed by atoms with Gasteiger partial charge in [-0.15, -0.1) is 0 Å². The Morgan fingerprint density at radius 1 is 1.24 bits per heavy atom. The van der Waals surface area contributed by atoms with Crippen LogP contribution in [-0.2, 0) is 16.6 Å². The maximum atomic E-state index is 13.2. The maximum Gasteiger partial charge on any atom is 0.351 e. The number of hydrogen-bond donors (Lipinski definition) is 0. The number of carbonyl (C=O) groups excluding carboxylic acids is 2. The molecule has 2 aromatic rings. The summed E-state index contributed by atoms with van der Waals surface area (Å²) in [4.78, 5) is 51.3. The molecule has 1 unspecified atom stereocenters. The predicted octanol–water partition coefficient (Wildman–Crippen LogP) is 0.486. The smallest absolute Gasteiger partial charge is 0.351 e. The number of aromatic nitrogens is 3. The van der Waals surface area contributed by atoms with Crippen LogP contribution in [0.3, 0.4) is 0 Å². The van der Waals surface area contributed by atoms with E-state index in [0.29, 0.717) is 19.4 Å². The fourth-order valence-electron chi connectivity index (χ4n) is 3.22. The van der Waals surface area contributed by atoms with Crippen LogP contribution in [0.15, 0.2) is 33.9 Å². The number of benzene rings is 1. The zero-order valence-corrected chi connectivity index (χ0v) is 16.1. The van der Waals surface area contributed by atoms with Crippen molar-refractivity contribution in [1.82, 2.24) is 19.2 Å². The number of piperidine rings is 1. The van der Waals surface area contributed by atoms with E-state index < -0.39 is 34.6 Å². The van der Waals surface area contributed by atoms with Gasteiger partial charge in [-0.3, -0.25) is 19.0 Å². The first-order chi connectivity index (χ1) is 13.8. The first-order valence-corrected chi connectivity index (χ1v) is 9.25. The van der Waals surface area contributed by atoms with Gasteiger partial charge in [0.05, 0.1) is 18.2 Å². The average Bonchev–Trinajstić information content (AvgIpc) is 2.73. The molecule has 1 amide bonds. The lowest BCUT2D eigenvalue weighted by Gasteiger charge is -2.31. The van der Waals surface area contributed by atoms with E-state index in [2.05, 4.69) is 5.10 Å². The largest absolute Gasteiger partial charge is 0.466 e. The van der Waals surface area contributed by atoms with Gasteiger partial charge < -0.3 is 9.64 Å². The molecule has 10 heteroatoms. The highest BCUT2D eigenvalue weighted by Gasteiger charge is 2.32. The zero-order chi connectivity index (χ0) is 21.1. The molecule has 2 heterocycles. The van der Waals surface area contributed by atoms with Crippen molar-refractivity contribution in [2.75, 3.05) is 19.7 Å². The monoisotopic (exact) mass is 404 g/mol. The Labute approximate surface area is 165 Å². The first-order valence-electron chi connectivity index (χ1n) is 9.25. The molecule has 1 fully saturated rings.